The lowest BCUT2D eigenvalue weighted by Crippen LogP contribution is -2.44. The maximum Gasteiger partial charge on any atom is 0.254 e. The molecule has 1 saturated carbocycles. The summed E-state index contributed by atoms with van der Waals surface area (Å²) in [6.45, 7) is 0. The third-order valence-corrected chi connectivity index (χ3v) is 3.03. The van der Waals surface area contributed by atoms with E-state index in [-0.39, 0.29) is 5.56 Å². The van der Waals surface area contributed by atoms with Crippen LogP contribution in [0.4, 0.5) is 4.39 Å². The van der Waals surface area contributed by atoms with Gasteiger partial charge in [-0.2, -0.15) is 0 Å². The lowest BCUT2D eigenvalue weighted by Gasteiger charge is -2.15. The summed E-state index contributed by atoms with van der Waals surface area (Å²) in [6.07, 6.45) is 2.65. The fourth-order valence-electron chi connectivity index (χ4n) is 1.81. The number of halogens is 1. The molecule has 1 aromatic rings. The molecule has 0 saturated heterocycles. The van der Waals surface area contributed by atoms with Crippen LogP contribution in [0.1, 0.15) is 29.6 Å². The minimum Gasteiger partial charge on any atom is -0.368 e. The number of hydrogen-bond acceptors (Lipinski definition) is 2. The van der Waals surface area contributed by atoms with Crippen molar-refractivity contribution in [2.45, 2.75) is 25.3 Å². The largest absolute Gasteiger partial charge is 0.368 e. The number of carbonyl (C=O) groups excluding carboxylic acids is 2. The zero-order valence-electron chi connectivity index (χ0n) is 9.86. The molecule has 96 valence electrons. The van der Waals surface area contributed by atoms with Crippen molar-refractivity contribution in [1.82, 2.24) is 5.32 Å². The van der Waals surface area contributed by atoms with Crippen molar-refractivity contribution in [3.05, 3.63) is 35.6 Å². The molecule has 18 heavy (non-hydrogen) atoms. The van der Waals surface area contributed by atoms with Gasteiger partial charge in [-0.3, -0.25) is 9.59 Å². The summed E-state index contributed by atoms with van der Waals surface area (Å²) in [6, 6.07) is 4.93. The summed E-state index contributed by atoms with van der Waals surface area (Å²) >= 11 is 0. The molecule has 0 spiro atoms. The van der Waals surface area contributed by atoms with E-state index in [0.29, 0.717) is 12.3 Å². The highest BCUT2D eigenvalue weighted by atomic mass is 19.1. The minimum absolute atomic E-state index is 0.0699. The average Bonchev–Trinajstić information content (AvgIpc) is 3.12. The molecule has 2 amide bonds. The minimum atomic E-state index is -0.718. The lowest BCUT2D eigenvalue weighted by molar-refractivity contribution is -0.120. The summed E-state index contributed by atoms with van der Waals surface area (Å²) < 4.78 is 13.4. The predicted octanol–water partition coefficient (Wildman–Crippen LogP) is 1.21. The smallest absolute Gasteiger partial charge is 0.254 e. The van der Waals surface area contributed by atoms with Gasteiger partial charge in [0.2, 0.25) is 5.91 Å². The van der Waals surface area contributed by atoms with Gasteiger partial charge in [-0.05, 0) is 24.5 Å². The van der Waals surface area contributed by atoms with E-state index in [2.05, 4.69) is 5.32 Å². The molecular weight excluding hydrogens is 235 g/mol. The first kappa shape index (κ1) is 12.5. The van der Waals surface area contributed by atoms with Crippen molar-refractivity contribution >= 4 is 11.8 Å². The summed E-state index contributed by atoms with van der Waals surface area (Å²) in [5.74, 6) is -1.34. The predicted molar refractivity (Wildman–Crippen MR) is 64.2 cm³/mol. The molecule has 1 fully saturated rings. The fourth-order valence-corrected chi connectivity index (χ4v) is 1.81. The number of carbonyl (C=O) groups is 2. The molecule has 0 unspecified atom stereocenters. The Morgan fingerprint density at radius 1 is 1.39 bits per heavy atom. The third kappa shape index (κ3) is 3.06. The van der Waals surface area contributed by atoms with Crippen molar-refractivity contribution in [1.29, 1.82) is 0 Å². The Bertz CT molecular complexity index is 472. The van der Waals surface area contributed by atoms with Crippen LogP contribution in [0.3, 0.4) is 0 Å². The normalized spacial score (nSPS) is 16.1. The highest BCUT2D eigenvalue weighted by molar-refractivity contribution is 5.97. The molecule has 0 aromatic heterocycles. The molecule has 0 bridgehead atoms. The van der Waals surface area contributed by atoms with Gasteiger partial charge in [0.1, 0.15) is 11.9 Å². The number of nitrogens with two attached hydrogens (primary N) is 1. The van der Waals surface area contributed by atoms with Crippen LogP contribution in [-0.4, -0.2) is 17.9 Å². The van der Waals surface area contributed by atoms with Crippen molar-refractivity contribution in [2.24, 2.45) is 11.7 Å². The molecule has 2 rings (SSSR count). The number of nitrogens with one attached hydrogen (secondary N) is 1. The highest BCUT2D eigenvalue weighted by Gasteiger charge is 2.29. The van der Waals surface area contributed by atoms with E-state index >= 15 is 0 Å². The van der Waals surface area contributed by atoms with E-state index in [0.717, 1.165) is 12.8 Å². The molecule has 1 atom stereocenters. The number of primary amides is 1. The number of hydrogen-bond donors (Lipinski definition) is 2. The maximum atomic E-state index is 13.4. The maximum absolute atomic E-state index is 13.4. The first-order chi connectivity index (χ1) is 8.58. The van der Waals surface area contributed by atoms with Gasteiger partial charge in [-0.25, -0.2) is 4.39 Å². The van der Waals surface area contributed by atoms with Crippen LogP contribution in [-0.2, 0) is 4.79 Å². The standard InChI is InChI=1S/C13H15FN2O2/c14-10-4-2-1-3-9(10)13(18)16-11(12(15)17)7-8-5-6-8/h1-4,8,11H,5-7H2,(H2,15,17)(H,16,18)/t11-/m1/s1. The SMILES string of the molecule is NC(=O)[C@@H](CC1CC1)NC(=O)c1ccccc1F. The molecule has 4 nitrogen and oxygen atoms in total. The second-order valence-electron chi connectivity index (χ2n) is 4.59. The van der Waals surface area contributed by atoms with Gasteiger partial charge in [0.25, 0.3) is 5.91 Å². The van der Waals surface area contributed by atoms with E-state index < -0.39 is 23.7 Å². The lowest BCUT2D eigenvalue weighted by atomic mass is 10.1. The van der Waals surface area contributed by atoms with E-state index in [4.69, 9.17) is 5.73 Å². The summed E-state index contributed by atoms with van der Waals surface area (Å²) in [4.78, 5) is 23.1. The van der Waals surface area contributed by atoms with E-state index in [1.54, 1.807) is 6.07 Å². The van der Waals surface area contributed by atoms with Crippen molar-refractivity contribution < 1.29 is 14.0 Å². The number of benzene rings is 1. The average molecular weight is 250 g/mol. The second kappa shape index (κ2) is 5.16. The first-order valence-corrected chi connectivity index (χ1v) is 5.92. The fraction of sp³-hybridized carbons (Fsp3) is 0.385. The van der Waals surface area contributed by atoms with Crippen molar-refractivity contribution in [2.75, 3.05) is 0 Å². The Balaban J connectivity index is 2.04. The molecule has 5 heteroatoms. The molecule has 0 aliphatic heterocycles. The van der Waals surface area contributed by atoms with Gasteiger partial charge in [0, 0.05) is 0 Å². The Morgan fingerprint density at radius 2 is 2.06 bits per heavy atom. The molecule has 1 aromatic carbocycles. The topological polar surface area (TPSA) is 72.2 Å². The Labute approximate surface area is 104 Å². The van der Waals surface area contributed by atoms with Gasteiger partial charge >= 0.3 is 0 Å². The molecule has 1 aliphatic carbocycles. The van der Waals surface area contributed by atoms with Crippen LogP contribution in [0, 0.1) is 11.7 Å². The summed E-state index contributed by atoms with van der Waals surface area (Å²) in [5, 5.41) is 2.49. The molecule has 0 heterocycles. The van der Waals surface area contributed by atoms with E-state index in [1.807, 2.05) is 0 Å². The van der Waals surface area contributed by atoms with Gasteiger partial charge < -0.3 is 11.1 Å². The number of amides is 2. The van der Waals surface area contributed by atoms with Gasteiger partial charge in [-0.15, -0.1) is 0 Å². The van der Waals surface area contributed by atoms with Crippen LogP contribution < -0.4 is 11.1 Å². The van der Waals surface area contributed by atoms with Crippen LogP contribution in [0.25, 0.3) is 0 Å². The van der Waals surface area contributed by atoms with Crippen LogP contribution in [0.2, 0.25) is 0 Å². The van der Waals surface area contributed by atoms with Crippen LogP contribution >= 0.6 is 0 Å². The third-order valence-electron chi connectivity index (χ3n) is 3.03. The monoisotopic (exact) mass is 250 g/mol. The second-order valence-corrected chi connectivity index (χ2v) is 4.59. The van der Waals surface area contributed by atoms with Crippen LogP contribution in [0.5, 0.6) is 0 Å². The Hall–Kier alpha value is -1.91. The van der Waals surface area contributed by atoms with Crippen LogP contribution in [0.15, 0.2) is 24.3 Å². The van der Waals surface area contributed by atoms with E-state index in [9.17, 15) is 14.0 Å². The Morgan fingerprint density at radius 3 is 2.61 bits per heavy atom. The van der Waals surface area contributed by atoms with Gasteiger partial charge in [-0.1, -0.05) is 25.0 Å². The summed E-state index contributed by atoms with van der Waals surface area (Å²) in [5.41, 5.74) is 5.16. The molecule has 0 radical (unpaired) electrons. The van der Waals surface area contributed by atoms with Crippen molar-refractivity contribution in [3.63, 3.8) is 0 Å². The van der Waals surface area contributed by atoms with E-state index in [1.165, 1.54) is 18.2 Å². The van der Waals surface area contributed by atoms with Gasteiger partial charge in [0.05, 0.1) is 5.56 Å². The zero-order chi connectivity index (χ0) is 13.1. The van der Waals surface area contributed by atoms with Gasteiger partial charge in [0.15, 0.2) is 0 Å². The highest BCUT2D eigenvalue weighted by Crippen LogP contribution is 2.33. The first-order valence-electron chi connectivity index (χ1n) is 5.92. The number of rotatable bonds is 5. The zero-order valence-corrected chi connectivity index (χ0v) is 9.86. The molecule has 1 aliphatic rings. The quantitative estimate of drug-likeness (QED) is 0.824. The van der Waals surface area contributed by atoms with Crippen molar-refractivity contribution in [3.8, 4) is 0 Å². The Kier molecular flexibility index (Phi) is 3.60. The molecule has 3 N–H and O–H groups in total. The molecular formula is C13H15FN2O2. The summed E-state index contributed by atoms with van der Waals surface area (Å²) in [7, 11) is 0.